The molecule has 1 aliphatic heterocycles. The molecule has 8 nitrogen and oxygen atoms in total. The minimum absolute atomic E-state index is 0.150. The molecule has 3 N–H and O–H groups in total. The minimum atomic E-state index is -2.81. The van der Waals surface area contributed by atoms with Crippen LogP contribution in [0.5, 0.6) is 0 Å². The molecule has 1 aliphatic rings. The molecule has 0 unspecified atom stereocenters. The van der Waals surface area contributed by atoms with Crippen LogP contribution in [0.4, 0.5) is 5.82 Å². The van der Waals surface area contributed by atoms with Gasteiger partial charge in [0, 0.05) is 6.42 Å². The molecule has 4 aromatic rings. The molecular formula is C26H31N5O3Si. The van der Waals surface area contributed by atoms with Crippen molar-refractivity contribution in [1.29, 1.82) is 0 Å². The average molecular weight is 490 g/mol. The van der Waals surface area contributed by atoms with Crippen molar-refractivity contribution in [2.24, 2.45) is 0 Å². The van der Waals surface area contributed by atoms with E-state index in [4.69, 9.17) is 14.9 Å². The SMILES string of the molecule is CC(C)(C)[Si](O[C@@H]1C[C@@H](n2cnc3c(N)ncnc32)O[C@H]1CO)(c1ccccc1)c1ccccc1. The second kappa shape index (κ2) is 9.16. The number of nitrogens with two attached hydrogens (primary N) is 1. The zero-order valence-electron chi connectivity index (χ0n) is 20.2. The minimum Gasteiger partial charge on any atom is -0.402 e. The fourth-order valence-electron chi connectivity index (χ4n) is 5.16. The molecule has 0 aliphatic carbocycles. The lowest BCUT2D eigenvalue weighted by molar-refractivity contribution is -0.0405. The number of nitrogens with zero attached hydrogens (tertiary/aromatic N) is 4. The molecule has 2 aromatic carbocycles. The molecular weight excluding hydrogens is 458 g/mol. The Kier molecular flexibility index (Phi) is 6.18. The second-order valence-corrected chi connectivity index (χ2v) is 14.2. The number of hydrogen-bond donors (Lipinski definition) is 2. The Balaban J connectivity index is 1.57. The predicted octanol–water partition coefficient (Wildman–Crippen LogP) is 2.63. The summed E-state index contributed by atoms with van der Waals surface area (Å²) in [5.41, 5.74) is 7.12. The maximum absolute atomic E-state index is 10.3. The van der Waals surface area contributed by atoms with Crippen LogP contribution < -0.4 is 16.1 Å². The van der Waals surface area contributed by atoms with Crippen LogP contribution in [0.15, 0.2) is 73.3 Å². The van der Waals surface area contributed by atoms with E-state index in [9.17, 15) is 5.11 Å². The number of anilines is 1. The number of ether oxygens (including phenoxy) is 1. The largest absolute Gasteiger partial charge is 0.402 e. The molecule has 0 saturated carbocycles. The van der Waals surface area contributed by atoms with E-state index in [0.717, 1.165) is 0 Å². The maximum Gasteiger partial charge on any atom is 0.261 e. The Hall–Kier alpha value is -3.11. The zero-order valence-corrected chi connectivity index (χ0v) is 21.2. The standard InChI is InChI=1S/C26H31N5O3Si/c1-26(2,3)35(18-10-6-4-7-11-18,19-12-8-5-9-13-19)34-20-14-22(33-21(20)15-32)31-17-30-23-24(27)28-16-29-25(23)31/h4-13,16-17,20-22,32H,14-15H2,1-3H3,(H2,27,28,29)/t20-,21+,22+/m1/s1. The molecule has 0 amide bonds. The number of aliphatic hydroxyl groups excluding tert-OH is 1. The number of imidazole rings is 1. The second-order valence-electron chi connectivity index (χ2n) is 9.95. The number of rotatable bonds is 6. The predicted molar refractivity (Wildman–Crippen MR) is 138 cm³/mol. The van der Waals surface area contributed by atoms with Crippen molar-refractivity contribution in [3.05, 3.63) is 73.3 Å². The van der Waals surface area contributed by atoms with Crippen LogP contribution in [0.1, 0.15) is 33.4 Å². The average Bonchev–Trinajstić information content (AvgIpc) is 3.47. The highest BCUT2D eigenvalue weighted by Gasteiger charge is 2.53. The van der Waals surface area contributed by atoms with Gasteiger partial charge >= 0.3 is 0 Å². The Labute approximate surface area is 205 Å². The van der Waals surface area contributed by atoms with Crippen LogP contribution in [0.2, 0.25) is 5.04 Å². The van der Waals surface area contributed by atoms with E-state index >= 15 is 0 Å². The summed E-state index contributed by atoms with van der Waals surface area (Å²) in [6.07, 6.45) is 2.43. The van der Waals surface area contributed by atoms with Crippen molar-refractivity contribution in [2.75, 3.05) is 12.3 Å². The first kappa shape index (κ1) is 23.6. The van der Waals surface area contributed by atoms with Crippen LogP contribution >= 0.6 is 0 Å². The summed E-state index contributed by atoms with van der Waals surface area (Å²) < 4.78 is 15.4. The topological polar surface area (TPSA) is 108 Å². The van der Waals surface area contributed by atoms with Crippen LogP contribution in [0, 0.1) is 0 Å². The van der Waals surface area contributed by atoms with E-state index in [1.54, 1.807) is 6.33 Å². The molecule has 1 saturated heterocycles. The number of aliphatic hydroxyl groups is 1. The summed E-state index contributed by atoms with van der Waals surface area (Å²) in [5, 5.41) is 12.5. The Morgan fingerprint density at radius 1 is 1.03 bits per heavy atom. The van der Waals surface area contributed by atoms with Crippen LogP contribution in [0.25, 0.3) is 11.2 Å². The monoisotopic (exact) mass is 489 g/mol. The molecule has 2 aromatic heterocycles. The first-order chi connectivity index (χ1) is 16.8. The van der Waals surface area contributed by atoms with E-state index in [1.807, 2.05) is 16.7 Å². The van der Waals surface area contributed by atoms with Gasteiger partial charge in [-0.2, -0.15) is 0 Å². The lowest BCUT2D eigenvalue weighted by Crippen LogP contribution is -2.68. The first-order valence-corrected chi connectivity index (χ1v) is 13.7. The summed E-state index contributed by atoms with van der Waals surface area (Å²) in [6.45, 7) is 6.57. The van der Waals surface area contributed by atoms with Gasteiger partial charge in [0.15, 0.2) is 11.5 Å². The summed E-state index contributed by atoms with van der Waals surface area (Å²) in [5.74, 6) is 0.325. The fraction of sp³-hybridized carbons (Fsp3) is 0.346. The molecule has 0 bridgehead atoms. The van der Waals surface area contributed by atoms with Gasteiger partial charge in [0.1, 0.15) is 24.2 Å². The highest BCUT2D eigenvalue weighted by atomic mass is 28.4. The molecule has 0 spiro atoms. The Morgan fingerprint density at radius 2 is 1.66 bits per heavy atom. The Morgan fingerprint density at radius 3 is 2.23 bits per heavy atom. The number of fused-ring (bicyclic) bond motifs is 1. The van der Waals surface area contributed by atoms with E-state index in [2.05, 4.69) is 84.3 Å². The third-order valence-corrected chi connectivity index (χ3v) is 11.9. The van der Waals surface area contributed by atoms with E-state index in [1.165, 1.54) is 16.7 Å². The van der Waals surface area contributed by atoms with Crippen molar-refractivity contribution in [3.8, 4) is 0 Å². The van der Waals surface area contributed by atoms with Crippen molar-refractivity contribution in [2.45, 2.75) is 50.7 Å². The molecule has 3 heterocycles. The van der Waals surface area contributed by atoms with Crippen molar-refractivity contribution in [1.82, 2.24) is 19.5 Å². The van der Waals surface area contributed by atoms with Gasteiger partial charge in [-0.05, 0) is 15.4 Å². The fourth-order valence-corrected chi connectivity index (χ4v) is 9.88. The Bertz CT molecular complexity index is 1250. The van der Waals surface area contributed by atoms with Crippen LogP contribution in [-0.4, -0.2) is 51.8 Å². The lowest BCUT2D eigenvalue weighted by Gasteiger charge is -2.45. The smallest absolute Gasteiger partial charge is 0.261 e. The van der Waals surface area contributed by atoms with Crippen LogP contribution in [0.3, 0.4) is 0 Å². The first-order valence-electron chi connectivity index (χ1n) is 11.8. The van der Waals surface area contributed by atoms with Gasteiger partial charge in [-0.1, -0.05) is 81.4 Å². The maximum atomic E-state index is 10.3. The summed E-state index contributed by atoms with van der Waals surface area (Å²) >= 11 is 0. The van der Waals surface area contributed by atoms with Gasteiger partial charge in [0.25, 0.3) is 8.32 Å². The normalized spacial score (nSPS) is 21.0. The van der Waals surface area contributed by atoms with Crippen molar-refractivity contribution < 1.29 is 14.3 Å². The van der Waals surface area contributed by atoms with Gasteiger partial charge in [0.2, 0.25) is 0 Å². The highest BCUT2D eigenvalue weighted by Crippen LogP contribution is 2.41. The van der Waals surface area contributed by atoms with Gasteiger partial charge < -0.3 is 20.0 Å². The molecule has 5 rings (SSSR count). The molecule has 35 heavy (non-hydrogen) atoms. The number of nitrogen functional groups attached to an aromatic ring is 1. The third-order valence-electron chi connectivity index (χ3n) is 6.80. The van der Waals surface area contributed by atoms with Crippen molar-refractivity contribution >= 4 is 35.7 Å². The van der Waals surface area contributed by atoms with Gasteiger partial charge in [-0.25, -0.2) is 15.0 Å². The number of hydrogen-bond acceptors (Lipinski definition) is 7. The van der Waals surface area contributed by atoms with Gasteiger partial charge in [-0.15, -0.1) is 0 Å². The van der Waals surface area contributed by atoms with Gasteiger partial charge in [0.05, 0.1) is 19.0 Å². The highest BCUT2D eigenvalue weighted by molar-refractivity contribution is 6.99. The van der Waals surface area contributed by atoms with E-state index in [0.29, 0.717) is 23.4 Å². The van der Waals surface area contributed by atoms with E-state index in [-0.39, 0.29) is 17.7 Å². The molecule has 1 fully saturated rings. The zero-order chi connectivity index (χ0) is 24.6. The van der Waals surface area contributed by atoms with Gasteiger partial charge in [-0.3, -0.25) is 4.57 Å². The third kappa shape index (κ3) is 4.04. The summed E-state index contributed by atoms with van der Waals surface area (Å²) in [7, 11) is -2.81. The molecule has 182 valence electrons. The molecule has 9 heteroatoms. The summed E-state index contributed by atoms with van der Waals surface area (Å²) in [6, 6.07) is 21.0. The summed E-state index contributed by atoms with van der Waals surface area (Å²) in [4.78, 5) is 12.8. The quantitative estimate of drug-likeness (QED) is 0.401. The number of benzene rings is 2. The molecule has 3 atom stereocenters. The van der Waals surface area contributed by atoms with Crippen LogP contribution in [-0.2, 0) is 9.16 Å². The number of aromatic nitrogens is 4. The van der Waals surface area contributed by atoms with E-state index < -0.39 is 20.6 Å². The lowest BCUT2D eigenvalue weighted by atomic mass is 10.2. The molecule has 0 radical (unpaired) electrons. The van der Waals surface area contributed by atoms with Crippen molar-refractivity contribution in [3.63, 3.8) is 0 Å².